The first kappa shape index (κ1) is 12.2. The lowest BCUT2D eigenvalue weighted by molar-refractivity contribution is 0.834. The van der Waals surface area contributed by atoms with Crippen molar-refractivity contribution in [1.82, 2.24) is 0 Å². The summed E-state index contributed by atoms with van der Waals surface area (Å²) in [5.74, 6) is 0. The zero-order chi connectivity index (χ0) is 12.1. The fourth-order valence-corrected chi connectivity index (χ4v) is 2.07. The van der Waals surface area contributed by atoms with Crippen LogP contribution < -0.4 is 5.73 Å². The summed E-state index contributed by atoms with van der Waals surface area (Å²) in [6.07, 6.45) is 2.04. The van der Waals surface area contributed by atoms with E-state index in [1.807, 2.05) is 12.1 Å². The summed E-state index contributed by atoms with van der Waals surface area (Å²) in [5.41, 5.74) is 9.40. The van der Waals surface area contributed by atoms with Crippen molar-refractivity contribution in [2.75, 3.05) is 6.54 Å². The van der Waals surface area contributed by atoms with Gasteiger partial charge in [0.2, 0.25) is 0 Å². The summed E-state index contributed by atoms with van der Waals surface area (Å²) in [6, 6.07) is 16.4. The SMILES string of the molecule is NCCCc1ccccc1-c1ccc(Cl)cc1. The number of hydrogen-bond donors (Lipinski definition) is 1. The lowest BCUT2D eigenvalue weighted by Gasteiger charge is -2.09. The molecule has 0 aliphatic rings. The van der Waals surface area contributed by atoms with E-state index in [4.69, 9.17) is 17.3 Å². The predicted octanol–water partition coefficient (Wildman–Crippen LogP) is 3.90. The van der Waals surface area contributed by atoms with Gasteiger partial charge < -0.3 is 5.73 Å². The van der Waals surface area contributed by atoms with Crippen LogP contribution in [0.4, 0.5) is 0 Å². The molecule has 1 nitrogen and oxygen atoms in total. The molecule has 0 aromatic heterocycles. The monoisotopic (exact) mass is 245 g/mol. The van der Waals surface area contributed by atoms with Crippen LogP contribution in [-0.4, -0.2) is 6.54 Å². The molecule has 0 atom stereocenters. The topological polar surface area (TPSA) is 26.0 Å². The zero-order valence-corrected chi connectivity index (χ0v) is 10.5. The molecule has 88 valence electrons. The van der Waals surface area contributed by atoms with Crippen LogP contribution >= 0.6 is 11.6 Å². The second-order valence-corrected chi connectivity index (χ2v) is 4.49. The highest BCUT2D eigenvalue weighted by atomic mass is 35.5. The van der Waals surface area contributed by atoms with Crippen molar-refractivity contribution >= 4 is 11.6 Å². The van der Waals surface area contributed by atoms with E-state index in [1.165, 1.54) is 16.7 Å². The highest BCUT2D eigenvalue weighted by Gasteiger charge is 2.03. The summed E-state index contributed by atoms with van der Waals surface area (Å²) < 4.78 is 0. The minimum Gasteiger partial charge on any atom is -0.330 e. The van der Waals surface area contributed by atoms with E-state index in [0.717, 1.165) is 24.4 Å². The van der Waals surface area contributed by atoms with E-state index in [9.17, 15) is 0 Å². The van der Waals surface area contributed by atoms with Crippen LogP contribution in [0.2, 0.25) is 5.02 Å². The van der Waals surface area contributed by atoms with Gasteiger partial charge in [-0.3, -0.25) is 0 Å². The van der Waals surface area contributed by atoms with Crippen LogP contribution in [0.5, 0.6) is 0 Å². The Morgan fingerprint density at radius 1 is 0.941 bits per heavy atom. The Hall–Kier alpha value is -1.31. The van der Waals surface area contributed by atoms with Crippen molar-refractivity contribution in [3.05, 3.63) is 59.1 Å². The van der Waals surface area contributed by atoms with Crippen molar-refractivity contribution < 1.29 is 0 Å². The fourth-order valence-electron chi connectivity index (χ4n) is 1.94. The Labute approximate surface area is 107 Å². The van der Waals surface area contributed by atoms with Crippen LogP contribution in [0.3, 0.4) is 0 Å². The number of hydrogen-bond acceptors (Lipinski definition) is 1. The molecule has 0 amide bonds. The van der Waals surface area contributed by atoms with Crippen molar-refractivity contribution in [2.24, 2.45) is 5.73 Å². The minimum absolute atomic E-state index is 0.731. The van der Waals surface area contributed by atoms with E-state index in [2.05, 4.69) is 36.4 Å². The molecule has 2 heteroatoms. The van der Waals surface area contributed by atoms with Gasteiger partial charge in [-0.1, -0.05) is 48.0 Å². The van der Waals surface area contributed by atoms with E-state index in [-0.39, 0.29) is 0 Å². The van der Waals surface area contributed by atoms with Gasteiger partial charge in [-0.2, -0.15) is 0 Å². The molecule has 2 aromatic rings. The van der Waals surface area contributed by atoms with Crippen molar-refractivity contribution in [1.29, 1.82) is 0 Å². The molecule has 2 N–H and O–H groups in total. The molecule has 0 heterocycles. The third-order valence-corrected chi connectivity index (χ3v) is 3.07. The van der Waals surface area contributed by atoms with E-state index in [0.29, 0.717) is 0 Å². The molecule has 17 heavy (non-hydrogen) atoms. The lowest BCUT2D eigenvalue weighted by atomic mass is 9.97. The quantitative estimate of drug-likeness (QED) is 0.869. The van der Waals surface area contributed by atoms with Gasteiger partial charge in [0.05, 0.1) is 0 Å². The van der Waals surface area contributed by atoms with Gasteiger partial charge in [0.25, 0.3) is 0 Å². The predicted molar refractivity (Wildman–Crippen MR) is 74.3 cm³/mol. The molecule has 0 saturated heterocycles. The first-order valence-corrected chi connectivity index (χ1v) is 6.23. The number of nitrogens with two attached hydrogens (primary N) is 1. The maximum atomic E-state index is 5.91. The standard InChI is InChI=1S/C15H16ClN/c16-14-9-7-13(8-10-14)15-6-2-1-4-12(15)5-3-11-17/h1-2,4,6-10H,3,5,11,17H2. The van der Waals surface area contributed by atoms with Crippen LogP contribution in [0.25, 0.3) is 11.1 Å². The summed E-state index contributed by atoms with van der Waals surface area (Å²) in [6.45, 7) is 0.731. The number of rotatable bonds is 4. The molecule has 0 bridgehead atoms. The van der Waals surface area contributed by atoms with E-state index in [1.54, 1.807) is 0 Å². The van der Waals surface area contributed by atoms with Crippen LogP contribution in [0.1, 0.15) is 12.0 Å². The van der Waals surface area contributed by atoms with E-state index < -0.39 is 0 Å². The Balaban J connectivity index is 2.33. The summed E-state index contributed by atoms with van der Waals surface area (Å²) in [4.78, 5) is 0. The second-order valence-electron chi connectivity index (χ2n) is 4.06. The molecule has 0 saturated carbocycles. The lowest BCUT2D eigenvalue weighted by Crippen LogP contribution is -2.01. The summed E-state index contributed by atoms with van der Waals surface area (Å²) >= 11 is 5.91. The van der Waals surface area contributed by atoms with Gasteiger partial charge in [0.15, 0.2) is 0 Å². The Kier molecular flexibility index (Phi) is 4.18. The number of aryl methyl sites for hydroxylation is 1. The highest BCUT2D eigenvalue weighted by Crippen LogP contribution is 2.25. The molecule has 0 radical (unpaired) electrons. The Morgan fingerprint density at radius 3 is 2.35 bits per heavy atom. The zero-order valence-electron chi connectivity index (χ0n) is 9.70. The molecule has 2 rings (SSSR count). The first-order valence-electron chi connectivity index (χ1n) is 5.85. The minimum atomic E-state index is 0.731. The second kappa shape index (κ2) is 5.85. The molecule has 0 fully saturated rings. The molecule has 0 aliphatic heterocycles. The molecular formula is C15H16ClN. The number of halogens is 1. The van der Waals surface area contributed by atoms with E-state index >= 15 is 0 Å². The van der Waals surface area contributed by atoms with Crippen LogP contribution in [0.15, 0.2) is 48.5 Å². The van der Waals surface area contributed by atoms with Crippen molar-refractivity contribution in [3.8, 4) is 11.1 Å². The van der Waals surface area contributed by atoms with Gasteiger partial charge in [-0.05, 0) is 48.2 Å². The van der Waals surface area contributed by atoms with Gasteiger partial charge in [-0.15, -0.1) is 0 Å². The van der Waals surface area contributed by atoms with Gasteiger partial charge >= 0.3 is 0 Å². The van der Waals surface area contributed by atoms with Crippen molar-refractivity contribution in [2.45, 2.75) is 12.8 Å². The normalized spacial score (nSPS) is 10.5. The maximum absolute atomic E-state index is 5.91. The summed E-state index contributed by atoms with van der Waals surface area (Å²) in [7, 11) is 0. The molecule has 0 spiro atoms. The molecular weight excluding hydrogens is 230 g/mol. The fraction of sp³-hybridized carbons (Fsp3) is 0.200. The molecule has 0 unspecified atom stereocenters. The van der Waals surface area contributed by atoms with Crippen LogP contribution in [0, 0.1) is 0 Å². The smallest absolute Gasteiger partial charge is 0.0406 e. The van der Waals surface area contributed by atoms with Crippen LogP contribution in [-0.2, 0) is 6.42 Å². The third kappa shape index (κ3) is 3.09. The summed E-state index contributed by atoms with van der Waals surface area (Å²) in [5, 5.41) is 0.771. The van der Waals surface area contributed by atoms with Gasteiger partial charge in [-0.25, -0.2) is 0 Å². The van der Waals surface area contributed by atoms with Gasteiger partial charge in [0.1, 0.15) is 0 Å². The largest absolute Gasteiger partial charge is 0.330 e. The third-order valence-electron chi connectivity index (χ3n) is 2.82. The highest BCUT2D eigenvalue weighted by molar-refractivity contribution is 6.30. The first-order chi connectivity index (χ1) is 8.31. The van der Waals surface area contributed by atoms with Crippen molar-refractivity contribution in [3.63, 3.8) is 0 Å². The average molecular weight is 246 g/mol. The molecule has 0 aliphatic carbocycles. The maximum Gasteiger partial charge on any atom is 0.0406 e. The Bertz CT molecular complexity index is 477. The molecule has 2 aromatic carbocycles. The van der Waals surface area contributed by atoms with Gasteiger partial charge in [0, 0.05) is 5.02 Å². The Morgan fingerprint density at radius 2 is 1.65 bits per heavy atom. The average Bonchev–Trinajstić information content (AvgIpc) is 2.38. The number of benzene rings is 2.